The van der Waals surface area contributed by atoms with E-state index in [1.807, 2.05) is 0 Å². The van der Waals surface area contributed by atoms with E-state index in [2.05, 4.69) is 31.2 Å². The molecule has 1 saturated heterocycles. The number of hydrogen-bond acceptors (Lipinski definition) is 2. The molecule has 0 bridgehead atoms. The third kappa shape index (κ3) is 4.96. The summed E-state index contributed by atoms with van der Waals surface area (Å²) in [5.41, 5.74) is 8.69. The summed E-state index contributed by atoms with van der Waals surface area (Å²) in [6.45, 7) is 3.91. The van der Waals surface area contributed by atoms with Crippen molar-refractivity contribution in [2.45, 2.75) is 51.6 Å². The molecule has 19 heavy (non-hydrogen) atoms. The predicted molar refractivity (Wildman–Crippen MR) is 80.3 cm³/mol. The summed E-state index contributed by atoms with van der Waals surface area (Å²) in [4.78, 5) is 0. The van der Waals surface area contributed by atoms with Crippen molar-refractivity contribution in [2.75, 3.05) is 13.2 Å². The Morgan fingerprint density at radius 1 is 1.42 bits per heavy atom. The van der Waals surface area contributed by atoms with E-state index < -0.39 is 0 Å². The first-order chi connectivity index (χ1) is 9.28. The lowest BCUT2D eigenvalue weighted by molar-refractivity contribution is 0.101. The number of aryl methyl sites for hydroxylation is 1. The molecular formula is C17H27NO. The Morgan fingerprint density at radius 3 is 3.00 bits per heavy atom. The maximum absolute atomic E-state index is 5.92. The third-order valence-corrected chi connectivity index (χ3v) is 4.10. The lowest BCUT2D eigenvalue weighted by Gasteiger charge is -2.16. The quantitative estimate of drug-likeness (QED) is 0.816. The zero-order valence-electron chi connectivity index (χ0n) is 12.1. The van der Waals surface area contributed by atoms with Gasteiger partial charge < -0.3 is 10.5 Å². The molecule has 0 aliphatic carbocycles. The van der Waals surface area contributed by atoms with Crippen molar-refractivity contribution in [3.05, 3.63) is 35.4 Å². The number of hydrogen-bond donors (Lipinski definition) is 1. The molecule has 2 unspecified atom stereocenters. The fourth-order valence-corrected chi connectivity index (χ4v) is 2.98. The average Bonchev–Trinajstić information content (AvgIpc) is 2.91. The van der Waals surface area contributed by atoms with E-state index in [1.165, 1.54) is 43.2 Å². The maximum Gasteiger partial charge on any atom is 0.0576 e. The van der Waals surface area contributed by atoms with Crippen LogP contribution in [0.4, 0.5) is 0 Å². The maximum atomic E-state index is 5.92. The zero-order valence-corrected chi connectivity index (χ0v) is 12.1. The molecule has 0 spiro atoms. The van der Waals surface area contributed by atoms with Crippen molar-refractivity contribution in [2.24, 2.45) is 11.7 Å². The van der Waals surface area contributed by atoms with Crippen LogP contribution in [0.15, 0.2) is 24.3 Å². The molecule has 0 amide bonds. The van der Waals surface area contributed by atoms with Crippen LogP contribution in [0.2, 0.25) is 0 Å². The first-order valence-corrected chi connectivity index (χ1v) is 7.65. The van der Waals surface area contributed by atoms with E-state index in [4.69, 9.17) is 10.5 Å². The summed E-state index contributed by atoms with van der Waals surface area (Å²) in [5, 5.41) is 0. The van der Waals surface area contributed by atoms with Crippen molar-refractivity contribution in [3.8, 4) is 0 Å². The summed E-state index contributed by atoms with van der Waals surface area (Å²) < 4.78 is 5.67. The van der Waals surface area contributed by atoms with Gasteiger partial charge in [0.05, 0.1) is 6.10 Å². The molecule has 1 fully saturated rings. The van der Waals surface area contributed by atoms with Gasteiger partial charge in [0.2, 0.25) is 0 Å². The highest BCUT2D eigenvalue weighted by atomic mass is 16.5. The van der Waals surface area contributed by atoms with Crippen LogP contribution in [0.3, 0.4) is 0 Å². The Hall–Kier alpha value is -0.860. The highest BCUT2D eigenvalue weighted by Crippen LogP contribution is 2.21. The van der Waals surface area contributed by atoms with Gasteiger partial charge in [-0.1, -0.05) is 36.2 Å². The summed E-state index contributed by atoms with van der Waals surface area (Å²) in [7, 11) is 0. The molecule has 1 aromatic carbocycles. The van der Waals surface area contributed by atoms with Gasteiger partial charge in [0.15, 0.2) is 0 Å². The summed E-state index contributed by atoms with van der Waals surface area (Å²) in [6, 6.07) is 8.79. The van der Waals surface area contributed by atoms with Crippen LogP contribution >= 0.6 is 0 Å². The molecule has 2 atom stereocenters. The second kappa shape index (κ2) is 7.66. The highest BCUT2D eigenvalue weighted by Gasteiger charge is 2.16. The van der Waals surface area contributed by atoms with E-state index in [-0.39, 0.29) is 0 Å². The van der Waals surface area contributed by atoms with Gasteiger partial charge in [0.1, 0.15) is 0 Å². The SMILES string of the molecule is Cc1cccc(CC(CN)CCCC2CCCO2)c1. The van der Waals surface area contributed by atoms with Gasteiger partial charge in [-0.15, -0.1) is 0 Å². The fourth-order valence-electron chi connectivity index (χ4n) is 2.98. The molecule has 2 nitrogen and oxygen atoms in total. The van der Waals surface area contributed by atoms with Crippen LogP contribution in [0, 0.1) is 12.8 Å². The molecule has 2 heteroatoms. The number of nitrogens with two attached hydrogens (primary N) is 1. The molecule has 0 aromatic heterocycles. The van der Waals surface area contributed by atoms with Crippen molar-refractivity contribution in [1.29, 1.82) is 0 Å². The Kier molecular flexibility index (Phi) is 5.87. The van der Waals surface area contributed by atoms with Gasteiger partial charge in [0.25, 0.3) is 0 Å². The van der Waals surface area contributed by atoms with E-state index in [9.17, 15) is 0 Å². The molecule has 106 valence electrons. The van der Waals surface area contributed by atoms with Gasteiger partial charge in [-0.2, -0.15) is 0 Å². The van der Waals surface area contributed by atoms with Gasteiger partial charge in [-0.25, -0.2) is 0 Å². The molecule has 0 radical (unpaired) electrons. The van der Waals surface area contributed by atoms with Crippen LogP contribution in [-0.2, 0) is 11.2 Å². The van der Waals surface area contributed by atoms with Crippen LogP contribution in [0.1, 0.15) is 43.2 Å². The summed E-state index contributed by atoms with van der Waals surface area (Å²) in [5.74, 6) is 0.614. The zero-order chi connectivity index (χ0) is 13.5. The van der Waals surface area contributed by atoms with Crippen molar-refractivity contribution in [1.82, 2.24) is 0 Å². The van der Waals surface area contributed by atoms with Crippen LogP contribution < -0.4 is 5.73 Å². The number of ether oxygens (including phenoxy) is 1. The lowest BCUT2D eigenvalue weighted by Crippen LogP contribution is -2.17. The first kappa shape index (κ1) is 14.5. The van der Waals surface area contributed by atoms with Gasteiger partial charge >= 0.3 is 0 Å². The lowest BCUT2D eigenvalue weighted by atomic mass is 9.93. The van der Waals surface area contributed by atoms with Gasteiger partial charge in [-0.05, 0) is 57.1 Å². The minimum Gasteiger partial charge on any atom is -0.378 e. The van der Waals surface area contributed by atoms with E-state index in [0.29, 0.717) is 12.0 Å². The molecule has 0 saturated carbocycles. The van der Waals surface area contributed by atoms with E-state index in [1.54, 1.807) is 0 Å². The van der Waals surface area contributed by atoms with E-state index >= 15 is 0 Å². The number of benzene rings is 1. The summed E-state index contributed by atoms with van der Waals surface area (Å²) >= 11 is 0. The predicted octanol–water partition coefficient (Wildman–Crippen LogP) is 3.46. The fraction of sp³-hybridized carbons (Fsp3) is 0.647. The van der Waals surface area contributed by atoms with Gasteiger partial charge in [0, 0.05) is 6.61 Å². The Morgan fingerprint density at radius 2 is 2.32 bits per heavy atom. The molecule has 2 N–H and O–H groups in total. The smallest absolute Gasteiger partial charge is 0.0576 e. The first-order valence-electron chi connectivity index (χ1n) is 7.65. The Balaban J connectivity index is 1.73. The van der Waals surface area contributed by atoms with Crippen LogP contribution in [0.25, 0.3) is 0 Å². The van der Waals surface area contributed by atoms with Crippen LogP contribution in [0.5, 0.6) is 0 Å². The monoisotopic (exact) mass is 261 g/mol. The molecule has 1 aliphatic rings. The second-order valence-corrected chi connectivity index (χ2v) is 5.86. The Labute approximate surface area is 117 Å². The Bertz CT molecular complexity index is 371. The van der Waals surface area contributed by atoms with Crippen LogP contribution in [-0.4, -0.2) is 19.3 Å². The minimum absolute atomic E-state index is 0.525. The van der Waals surface area contributed by atoms with Crippen molar-refractivity contribution in [3.63, 3.8) is 0 Å². The summed E-state index contributed by atoms with van der Waals surface area (Å²) in [6.07, 6.45) is 7.83. The van der Waals surface area contributed by atoms with Gasteiger partial charge in [-0.3, -0.25) is 0 Å². The largest absolute Gasteiger partial charge is 0.378 e. The average molecular weight is 261 g/mol. The topological polar surface area (TPSA) is 35.2 Å². The molecular weight excluding hydrogens is 234 g/mol. The van der Waals surface area contributed by atoms with Crippen molar-refractivity contribution >= 4 is 0 Å². The highest BCUT2D eigenvalue weighted by molar-refractivity contribution is 5.22. The normalized spacial score (nSPS) is 20.6. The third-order valence-electron chi connectivity index (χ3n) is 4.10. The molecule has 1 aromatic rings. The van der Waals surface area contributed by atoms with E-state index in [0.717, 1.165) is 19.6 Å². The number of rotatable bonds is 7. The minimum atomic E-state index is 0.525. The standard InChI is InChI=1S/C17H27NO/c1-14-5-2-6-15(11-14)12-16(13-18)7-3-8-17-9-4-10-19-17/h2,5-6,11,16-17H,3-4,7-10,12-13,18H2,1H3. The molecule has 2 rings (SSSR count). The second-order valence-electron chi connectivity index (χ2n) is 5.86. The van der Waals surface area contributed by atoms with Crippen molar-refractivity contribution < 1.29 is 4.74 Å². The molecule has 1 heterocycles. The molecule has 1 aliphatic heterocycles.